The molecule has 138 valence electrons. The van der Waals surface area contributed by atoms with Crippen molar-refractivity contribution in [3.05, 3.63) is 0 Å². The Labute approximate surface area is 149 Å². The van der Waals surface area contributed by atoms with Crippen molar-refractivity contribution in [3.63, 3.8) is 0 Å². The van der Waals surface area contributed by atoms with Gasteiger partial charge in [0.05, 0.1) is 6.61 Å². The predicted octanol–water partition coefficient (Wildman–Crippen LogP) is 6.76. The average Bonchev–Trinajstić information content (AvgIpc) is 2.52. The third-order valence-corrected chi connectivity index (χ3v) is 5.67. The smallest absolute Gasteiger partial charge is 0.302 e. The van der Waals surface area contributed by atoms with Crippen molar-refractivity contribution >= 4 is 17.7 Å². The van der Waals surface area contributed by atoms with Gasteiger partial charge in [0.2, 0.25) is 0 Å². The van der Waals surface area contributed by atoms with E-state index in [0.29, 0.717) is 11.9 Å². The van der Waals surface area contributed by atoms with Crippen molar-refractivity contribution in [1.29, 1.82) is 0 Å². The molecule has 0 heterocycles. The summed E-state index contributed by atoms with van der Waals surface area (Å²) in [6, 6.07) is 0. The fourth-order valence-corrected chi connectivity index (χ4v) is 4.18. The van der Waals surface area contributed by atoms with Gasteiger partial charge in [-0.3, -0.25) is 4.79 Å². The highest BCUT2D eigenvalue weighted by molar-refractivity contribution is 7.99. The lowest BCUT2D eigenvalue weighted by Gasteiger charge is -2.15. The molecule has 3 heteroatoms. The van der Waals surface area contributed by atoms with Gasteiger partial charge in [-0.25, -0.2) is 0 Å². The molecule has 0 saturated carbocycles. The lowest BCUT2D eigenvalue weighted by molar-refractivity contribution is -0.141. The minimum atomic E-state index is -0.153. The van der Waals surface area contributed by atoms with E-state index in [1.54, 1.807) is 0 Å². The van der Waals surface area contributed by atoms with E-state index in [-0.39, 0.29) is 5.97 Å². The van der Waals surface area contributed by atoms with Crippen LogP contribution in [0, 0.1) is 0 Å². The number of esters is 1. The Hall–Kier alpha value is -0.180. The summed E-state index contributed by atoms with van der Waals surface area (Å²) in [5.74, 6) is 1.11. The van der Waals surface area contributed by atoms with Gasteiger partial charge in [0, 0.05) is 12.2 Å². The molecule has 1 atom stereocenters. The van der Waals surface area contributed by atoms with Crippen molar-refractivity contribution in [3.8, 4) is 0 Å². The summed E-state index contributed by atoms with van der Waals surface area (Å²) >= 11 is 2.08. The zero-order valence-corrected chi connectivity index (χ0v) is 16.7. The summed E-state index contributed by atoms with van der Waals surface area (Å²) in [6.07, 6.45) is 17.5. The summed E-state index contributed by atoms with van der Waals surface area (Å²) in [7, 11) is 0. The van der Waals surface area contributed by atoms with Crippen LogP contribution in [0.15, 0.2) is 0 Å². The largest absolute Gasteiger partial charge is 0.466 e. The van der Waals surface area contributed by atoms with Gasteiger partial charge in [-0.1, -0.05) is 78.1 Å². The SMILES string of the molecule is CCCCCCCCCCCCSC(CCC)CCOC(C)=O. The molecular formula is C20H40O2S. The molecule has 0 bridgehead atoms. The van der Waals surface area contributed by atoms with Crippen LogP contribution in [-0.4, -0.2) is 23.6 Å². The number of carbonyl (C=O) groups excluding carboxylic acids is 1. The molecule has 2 nitrogen and oxygen atoms in total. The quantitative estimate of drug-likeness (QED) is 0.215. The van der Waals surface area contributed by atoms with Gasteiger partial charge in [-0.2, -0.15) is 11.8 Å². The van der Waals surface area contributed by atoms with Gasteiger partial charge < -0.3 is 4.74 Å². The fourth-order valence-electron chi connectivity index (χ4n) is 2.81. The van der Waals surface area contributed by atoms with Crippen molar-refractivity contribution in [2.45, 2.75) is 109 Å². The molecule has 0 aliphatic rings. The van der Waals surface area contributed by atoms with E-state index in [9.17, 15) is 4.79 Å². The van der Waals surface area contributed by atoms with E-state index in [1.807, 2.05) is 0 Å². The Morgan fingerprint density at radius 3 is 1.91 bits per heavy atom. The second-order valence-electron chi connectivity index (χ2n) is 6.59. The molecule has 0 N–H and O–H groups in total. The van der Waals surface area contributed by atoms with Crippen LogP contribution in [0.25, 0.3) is 0 Å². The molecular weight excluding hydrogens is 304 g/mol. The molecule has 0 aliphatic heterocycles. The minimum absolute atomic E-state index is 0.153. The summed E-state index contributed by atoms with van der Waals surface area (Å²) in [5, 5.41) is 0.665. The maximum absolute atomic E-state index is 10.8. The van der Waals surface area contributed by atoms with E-state index in [2.05, 4.69) is 25.6 Å². The number of ether oxygens (including phenoxy) is 1. The Morgan fingerprint density at radius 2 is 1.39 bits per heavy atom. The van der Waals surface area contributed by atoms with Crippen LogP contribution in [0.2, 0.25) is 0 Å². The highest BCUT2D eigenvalue weighted by Gasteiger charge is 2.08. The van der Waals surface area contributed by atoms with Crippen LogP contribution in [0.5, 0.6) is 0 Å². The van der Waals surface area contributed by atoms with E-state index >= 15 is 0 Å². The maximum Gasteiger partial charge on any atom is 0.302 e. The summed E-state index contributed by atoms with van der Waals surface area (Å²) in [6.45, 7) is 6.59. The normalized spacial score (nSPS) is 12.3. The van der Waals surface area contributed by atoms with Gasteiger partial charge in [-0.05, 0) is 25.0 Å². The lowest BCUT2D eigenvalue weighted by Crippen LogP contribution is -2.10. The van der Waals surface area contributed by atoms with Crippen molar-refractivity contribution in [2.24, 2.45) is 0 Å². The van der Waals surface area contributed by atoms with Crippen LogP contribution in [0.4, 0.5) is 0 Å². The molecule has 0 fully saturated rings. The lowest BCUT2D eigenvalue weighted by atomic mass is 10.1. The van der Waals surface area contributed by atoms with Crippen LogP contribution in [0.1, 0.15) is 104 Å². The molecule has 0 aromatic rings. The first-order chi connectivity index (χ1) is 11.2. The number of carbonyl (C=O) groups is 1. The Bertz CT molecular complexity index is 256. The second-order valence-corrected chi connectivity index (χ2v) is 8.00. The molecule has 0 rings (SSSR count). The number of thioether (sulfide) groups is 1. The summed E-state index contributed by atoms with van der Waals surface area (Å²) in [4.78, 5) is 10.8. The van der Waals surface area contributed by atoms with Crippen LogP contribution in [0.3, 0.4) is 0 Å². The molecule has 0 amide bonds. The third-order valence-electron chi connectivity index (χ3n) is 4.21. The zero-order chi connectivity index (χ0) is 17.2. The molecule has 0 aliphatic carbocycles. The number of unbranched alkanes of at least 4 members (excludes halogenated alkanes) is 9. The zero-order valence-electron chi connectivity index (χ0n) is 15.9. The monoisotopic (exact) mass is 344 g/mol. The Kier molecular flexibility index (Phi) is 18.0. The molecule has 0 spiro atoms. The molecule has 1 unspecified atom stereocenters. The van der Waals surface area contributed by atoms with Crippen molar-refractivity contribution in [1.82, 2.24) is 0 Å². The predicted molar refractivity (Wildman–Crippen MR) is 104 cm³/mol. The average molecular weight is 345 g/mol. The fraction of sp³-hybridized carbons (Fsp3) is 0.950. The Morgan fingerprint density at radius 1 is 0.826 bits per heavy atom. The van der Waals surface area contributed by atoms with Crippen LogP contribution < -0.4 is 0 Å². The minimum Gasteiger partial charge on any atom is -0.466 e. The first-order valence-electron chi connectivity index (χ1n) is 9.95. The third kappa shape index (κ3) is 18.0. The van der Waals surface area contributed by atoms with Crippen LogP contribution >= 0.6 is 11.8 Å². The van der Waals surface area contributed by atoms with E-state index in [1.165, 1.54) is 89.7 Å². The van der Waals surface area contributed by atoms with Gasteiger partial charge in [0.15, 0.2) is 0 Å². The highest BCUT2D eigenvalue weighted by Crippen LogP contribution is 2.22. The highest BCUT2D eigenvalue weighted by atomic mass is 32.2. The van der Waals surface area contributed by atoms with Gasteiger partial charge in [0.1, 0.15) is 0 Å². The topological polar surface area (TPSA) is 26.3 Å². The number of hydrogen-bond acceptors (Lipinski definition) is 3. The van der Waals surface area contributed by atoms with Gasteiger partial charge >= 0.3 is 5.97 Å². The first kappa shape index (κ1) is 22.8. The maximum atomic E-state index is 10.8. The number of rotatable bonds is 17. The van der Waals surface area contributed by atoms with Gasteiger partial charge in [-0.15, -0.1) is 0 Å². The number of hydrogen-bond donors (Lipinski definition) is 0. The van der Waals surface area contributed by atoms with E-state index < -0.39 is 0 Å². The second kappa shape index (κ2) is 18.2. The molecule has 0 aromatic heterocycles. The standard InChI is InChI=1S/C20H40O2S/c1-4-6-7-8-9-10-11-12-13-14-18-23-20(15-5-2)16-17-22-19(3)21/h20H,4-18H2,1-3H3. The summed E-state index contributed by atoms with van der Waals surface area (Å²) < 4.78 is 5.07. The van der Waals surface area contributed by atoms with Gasteiger partial charge in [0.25, 0.3) is 0 Å². The van der Waals surface area contributed by atoms with Crippen LogP contribution in [-0.2, 0) is 9.53 Å². The molecule has 0 radical (unpaired) electrons. The van der Waals surface area contributed by atoms with Crippen molar-refractivity contribution < 1.29 is 9.53 Å². The van der Waals surface area contributed by atoms with E-state index in [0.717, 1.165) is 6.42 Å². The first-order valence-corrected chi connectivity index (χ1v) is 11.0. The Balaban J connectivity index is 3.39. The molecule has 0 saturated heterocycles. The molecule has 23 heavy (non-hydrogen) atoms. The summed E-state index contributed by atoms with van der Waals surface area (Å²) in [5.41, 5.74) is 0. The van der Waals surface area contributed by atoms with E-state index in [4.69, 9.17) is 4.74 Å². The van der Waals surface area contributed by atoms with Crippen molar-refractivity contribution in [2.75, 3.05) is 12.4 Å². The molecule has 0 aromatic carbocycles.